The third kappa shape index (κ3) is 10.9. The van der Waals surface area contributed by atoms with Gasteiger partial charge in [0.15, 0.2) is 5.83 Å². The number of nitriles is 1. The summed E-state index contributed by atoms with van der Waals surface area (Å²) >= 11 is 0. The van der Waals surface area contributed by atoms with Gasteiger partial charge in [-0.3, -0.25) is 4.79 Å². The molecule has 2 aromatic rings. The Labute approximate surface area is 256 Å². The van der Waals surface area contributed by atoms with Gasteiger partial charge in [-0.25, -0.2) is 13.2 Å². The number of carbonyl (C=O) groups excluding carboxylic acids is 1. The van der Waals surface area contributed by atoms with Gasteiger partial charge >= 0.3 is 12.5 Å². The van der Waals surface area contributed by atoms with Crippen molar-refractivity contribution in [3.63, 3.8) is 0 Å². The molecule has 0 radical (unpaired) electrons. The first-order valence-corrected chi connectivity index (χ1v) is 13.1. The van der Waals surface area contributed by atoms with Crippen molar-refractivity contribution in [2.45, 2.75) is 44.4 Å². The Morgan fingerprint density at radius 3 is 2.38 bits per heavy atom. The second-order valence-corrected chi connectivity index (χ2v) is 9.70. The number of allylic oxidation sites excluding steroid dienone is 5. The van der Waals surface area contributed by atoms with E-state index in [9.17, 15) is 40.8 Å². The predicted molar refractivity (Wildman–Crippen MR) is 155 cm³/mol. The zero-order valence-corrected chi connectivity index (χ0v) is 24.2. The van der Waals surface area contributed by atoms with Crippen molar-refractivity contribution in [1.82, 2.24) is 5.32 Å². The topological polar surface area (TPSA) is 71.3 Å². The minimum atomic E-state index is -4.88. The highest BCUT2D eigenvalue weighted by Gasteiger charge is 2.42. The number of ether oxygens (including phenoxy) is 2. The van der Waals surface area contributed by atoms with Gasteiger partial charge in [0, 0.05) is 18.1 Å². The average Bonchev–Trinajstić information content (AvgIpc) is 2.97. The molecule has 0 spiro atoms. The highest BCUT2D eigenvalue weighted by atomic mass is 19.3. The largest absolute Gasteiger partial charge is 0.489 e. The van der Waals surface area contributed by atoms with E-state index in [0.717, 1.165) is 30.4 Å². The predicted octanol–water partition coefficient (Wildman–Crippen LogP) is 8.55. The number of alkyl halides is 4. The minimum Gasteiger partial charge on any atom is -0.489 e. The number of hydrogen-bond donors (Lipinski definition) is 1. The molecule has 0 aliphatic heterocycles. The number of rotatable bonds is 15. The molecule has 5 nitrogen and oxygen atoms in total. The second kappa shape index (κ2) is 16.1. The summed E-state index contributed by atoms with van der Waals surface area (Å²) in [5.74, 6) is -4.23. The maximum absolute atomic E-state index is 14.9. The Bertz CT molecular complexity index is 1540. The standard InChI is InChI=1S/C33H29F7N2O3/c1-21(2)45-23(4)28(35)11-8-15-32(19-24-9-6-5-7-10-24,42-30(43)25-12-13-29(36)26(18-25)20-41)22(3)17-27(34)14-16-44-33(39,40)31(37)38/h5-18,21,31H,3-4,19H2,1-2H3,(H,42,43)/b15-8+,16-14+,27-17+,28-11+/t32-/m0/s1. The van der Waals surface area contributed by atoms with Crippen LogP contribution in [0.1, 0.15) is 35.3 Å². The molecule has 0 aliphatic rings. The molecule has 0 fully saturated rings. The Kier molecular flexibility index (Phi) is 13.0. The van der Waals surface area contributed by atoms with Crippen LogP contribution in [-0.4, -0.2) is 30.1 Å². The maximum Gasteiger partial charge on any atom is 0.460 e. The van der Waals surface area contributed by atoms with E-state index in [0.29, 0.717) is 17.7 Å². The maximum atomic E-state index is 14.9. The molecule has 1 N–H and O–H groups in total. The van der Waals surface area contributed by atoms with Gasteiger partial charge in [-0.15, -0.1) is 0 Å². The first-order valence-electron chi connectivity index (χ1n) is 13.1. The molecule has 0 heterocycles. The number of amides is 1. The summed E-state index contributed by atoms with van der Waals surface area (Å²) in [4.78, 5) is 13.4. The molecule has 238 valence electrons. The number of hydrogen-bond acceptors (Lipinski definition) is 4. The number of benzene rings is 2. The molecule has 45 heavy (non-hydrogen) atoms. The van der Waals surface area contributed by atoms with E-state index >= 15 is 0 Å². The summed E-state index contributed by atoms with van der Waals surface area (Å²) < 4.78 is 103. The van der Waals surface area contributed by atoms with Gasteiger partial charge < -0.3 is 14.8 Å². The molecule has 2 rings (SSSR count). The molecular weight excluding hydrogens is 605 g/mol. The van der Waals surface area contributed by atoms with E-state index < -0.39 is 53.1 Å². The van der Waals surface area contributed by atoms with Gasteiger partial charge in [0.1, 0.15) is 23.5 Å². The van der Waals surface area contributed by atoms with Crippen LogP contribution in [-0.2, 0) is 15.9 Å². The zero-order valence-electron chi connectivity index (χ0n) is 24.2. The fraction of sp³-hybridized carbons (Fsp3) is 0.212. The Balaban J connectivity index is 2.66. The van der Waals surface area contributed by atoms with Crippen LogP contribution in [0.5, 0.6) is 0 Å². The molecule has 0 bridgehead atoms. The average molecular weight is 635 g/mol. The third-order valence-corrected chi connectivity index (χ3v) is 5.87. The smallest absolute Gasteiger partial charge is 0.460 e. The van der Waals surface area contributed by atoms with Crippen LogP contribution in [0.2, 0.25) is 0 Å². The summed E-state index contributed by atoms with van der Waals surface area (Å²) in [6, 6.07) is 12.9. The number of halogens is 7. The van der Waals surface area contributed by atoms with E-state index in [4.69, 9.17) is 4.74 Å². The highest BCUT2D eigenvalue weighted by Crippen LogP contribution is 2.29. The lowest BCUT2D eigenvalue weighted by atomic mass is 9.82. The summed E-state index contributed by atoms with van der Waals surface area (Å²) in [6.07, 6.45) is -5.15. The van der Waals surface area contributed by atoms with E-state index in [1.807, 2.05) is 0 Å². The lowest BCUT2D eigenvalue weighted by molar-refractivity contribution is -0.274. The highest BCUT2D eigenvalue weighted by molar-refractivity contribution is 5.95. The van der Waals surface area contributed by atoms with Crippen LogP contribution in [0.15, 0.2) is 121 Å². The lowest BCUT2D eigenvalue weighted by Gasteiger charge is -2.33. The fourth-order valence-corrected chi connectivity index (χ4v) is 3.71. The number of nitrogens with one attached hydrogen (secondary N) is 1. The van der Waals surface area contributed by atoms with Crippen LogP contribution in [0.25, 0.3) is 0 Å². The summed E-state index contributed by atoms with van der Waals surface area (Å²) in [6.45, 7) is 10.6. The number of carbonyl (C=O) groups is 1. The SMILES string of the molecule is C=C(OC(C)C)/C(F)=C\C=C\[C@@](Cc1ccccc1)(NC(=O)c1ccc(F)c(C#N)c1)C(=C)/C=C(F)\C=C\OC(F)(F)C(F)F. The normalized spacial score (nSPS) is 14.0. The molecule has 12 heteroatoms. The van der Waals surface area contributed by atoms with Gasteiger partial charge in [0.2, 0.25) is 0 Å². The summed E-state index contributed by atoms with van der Waals surface area (Å²) in [7, 11) is 0. The zero-order chi connectivity index (χ0) is 33.8. The van der Waals surface area contributed by atoms with E-state index in [-0.39, 0.29) is 29.6 Å². The third-order valence-electron chi connectivity index (χ3n) is 5.87. The van der Waals surface area contributed by atoms with Crippen molar-refractivity contribution in [1.29, 1.82) is 5.26 Å². The molecule has 2 aromatic carbocycles. The number of nitrogens with zero attached hydrogens (tertiary/aromatic N) is 1. The molecule has 0 unspecified atom stereocenters. The first-order chi connectivity index (χ1) is 21.1. The molecule has 1 amide bonds. The van der Waals surface area contributed by atoms with Crippen molar-refractivity contribution >= 4 is 5.91 Å². The van der Waals surface area contributed by atoms with E-state index in [1.165, 1.54) is 6.08 Å². The molecule has 0 saturated carbocycles. The van der Waals surface area contributed by atoms with Crippen LogP contribution < -0.4 is 5.32 Å². The van der Waals surface area contributed by atoms with Crippen LogP contribution in [0, 0.1) is 17.1 Å². The molecule has 0 aromatic heterocycles. The van der Waals surface area contributed by atoms with Crippen molar-refractivity contribution in [2.75, 3.05) is 0 Å². The molecule has 1 atom stereocenters. The van der Waals surface area contributed by atoms with Crippen LogP contribution >= 0.6 is 0 Å². The summed E-state index contributed by atoms with van der Waals surface area (Å²) in [5.41, 5.74) is -2.07. The quantitative estimate of drug-likeness (QED) is 0.121. The summed E-state index contributed by atoms with van der Waals surface area (Å²) in [5, 5.41) is 11.9. The molecule has 0 aliphatic carbocycles. The van der Waals surface area contributed by atoms with Crippen molar-refractivity contribution < 1.29 is 45.0 Å². The first kappa shape index (κ1) is 36.1. The van der Waals surface area contributed by atoms with Gasteiger partial charge in [-0.05, 0) is 55.3 Å². The van der Waals surface area contributed by atoms with Crippen LogP contribution in [0.3, 0.4) is 0 Å². The van der Waals surface area contributed by atoms with E-state index in [2.05, 4.69) is 23.2 Å². The molecular formula is C33H29F7N2O3. The van der Waals surface area contributed by atoms with Crippen molar-refractivity contribution in [3.05, 3.63) is 144 Å². The monoisotopic (exact) mass is 634 g/mol. The minimum absolute atomic E-state index is 0.0267. The molecule has 0 saturated heterocycles. The van der Waals surface area contributed by atoms with Gasteiger partial charge in [-0.1, -0.05) is 55.6 Å². The Morgan fingerprint density at radius 1 is 1.11 bits per heavy atom. The van der Waals surface area contributed by atoms with Gasteiger partial charge in [0.25, 0.3) is 5.91 Å². The fourth-order valence-electron chi connectivity index (χ4n) is 3.71. The Hall–Kier alpha value is -5.05. The van der Waals surface area contributed by atoms with Gasteiger partial charge in [-0.2, -0.15) is 22.8 Å². The van der Waals surface area contributed by atoms with E-state index in [1.54, 1.807) is 50.2 Å². The Morgan fingerprint density at radius 2 is 1.78 bits per heavy atom. The van der Waals surface area contributed by atoms with Crippen molar-refractivity contribution in [3.8, 4) is 6.07 Å². The lowest BCUT2D eigenvalue weighted by Crippen LogP contribution is -2.49. The second-order valence-electron chi connectivity index (χ2n) is 9.70. The van der Waals surface area contributed by atoms with Crippen LogP contribution in [0.4, 0.5) is 30.7 Å². The van der Waals surface area contributed by atoms with Gasteiger partial charge in [0.05, 0.1) is 23.5 Å². The van der Waals surface area contributed by atoms with Crippen molar-refractivity contribution in [2.24, 2.45) is 0 Å².